The smallest absolute Gasteiger partial charge is 0.319 e. The van der Waals surface area contributed by atoms with Crippen LogP contribution in [0.15, 0.2) is 22.7 Å². The molecule has 0 fully saturated rings. The summed E-state index contributed by atoms with van der Waals surface area (Å²) in [7, 11) is 1.55. The minimum absolute atomic E-state index is 0.158. The number of carbonyl (C=O) groups is 1. The van der Waals surface area contributed by atoms with Gasteiger partial charge in [-0.1, -0.05) is 25.1 Å². The first-order valence-corrected chi connectivity index (χ1v) is 7.45. The molecule has 1 aromatic heterocycles. The number of carbonyl (C=O) groups excluding carboxylic acids is 1. The van der Waals surface area contributed by atoms with Gasteiger partial charge in [0, 0.05) is 12.8 Å². The summed E-state index contributed by atoms with van der Waals surface area (Å²) in [6.45, 7) is 6.74. The Balaban J connectivity index is 1.90. The summed E-state index contributed by atoms with van der Waals surface area (Å²) in [5.41, 5.74) is 3.17. The van der Waals surface area contributed by atoms with Gasteiger partial charge in [0.2, 0.25) is 5.89 Å². The molecule has 0 atom stereocenters. The maximum Gasteiger partial charge on any atom is 0.319 e. The highest BCUT2D eigenvalue weighted by molar-refractivity contribution is 5.89. The van der Waals surface area contributed by atoms with Crippen LogP contribution in [0.1, 0.15) is 42.6 Å². The molecule has 23 heavy (non-hydrogen) atoms. The Morgan fingerprint density at radius 3 is 2.87 bits per heavy atom. The van der Waals surface area contributed by atoms with Crippen molar-refractivity contribution in [2.24, 2.45) is 0 Å². The molecule has 2 aromatic rings. The number of methoxy groups -OCH3 is 1. The maximum atomic E-state index is 11.9. The lowest BCUT2D eigenvalue weighted by Gasteiger charge is -2.13. The number of hydrogen-bond donors (Lipinski definition) is 2. The molecule has 0 saturated heterocycles. The second-order valence-electron chi connectivity index (χ2n) is 5.57. The fraction of sp³-hybridized carbons (Fsp3) is 0.438. The molecule has 0 bridgehead atoms. The van der Waals surface area contributed by atoms with Gasteiger partial charge in [-0.15, -0.1) is 0 Å². The van der Waals surface area contributed by atoms with E-state index in [-0.39, 0.29) is 19.2 Å². The number of urea groups is 1. The fourth-order valence-electron chi connectivity index (χ4n) is 2.22. The van der Waals surface area contributed by atoms with Crippen LogP contribution in [-0.2, 0) is 17.9 Å². The number of anilines is 1. The predicted octanol–water partition coefficient (Wildman–Crippen LogP) is 2.97. The predicted molar refractivity (Wildman–Crippen MR) is 86.1 cm³/mol. The van der Waals surface area contributed by atoms with Crippen LogP contribution in [0.3, 0.4) is 0 Å². The molecular weight excluding hydrogens is 296 g/mol. The number of ether oxygens (including phenoxy) is 1. The third kappa shape index (κ3) is 4.79. The Morgan fingerprint density at radius 1 is 1.39 bits per heavy atom. The molecule has 124 valence electrons. The van der Waals surface area contributed by atoms with E-state index in [0.717, 1.165) is 5.69 Å². The highest BCUT2D eigenvalue weighted by atomic mass is 16.5. The normalized spacial score (nSPS) is 10.8. The number of nitrogens with one attached hydrogen (secondary N) is 2. The molecule has 0 aliphatic carbocycles. The molecular formula is C16H22N4O3. The van der Waals surface area contributed by atoms with E-state index in [0.29, 0.717) is 17.6 Å². The van der Waals surface area contributed by atoms with Crippen LogP contribution in [0.5, 0.6) is 0 Å². The van der Waals surface area contributed by atoms with Gasteiger partial charge in [0.1, 0.15) is 6.61 Å². The van der Waals surface area contributed by atoms with E-state index in [2.05, 4.69) is 41.5 Å². The number of benzene rings is 1. The van der Waals surface area contributed by atoms with E-state index in [9.17, 15) is 4.79 Å². The van der Waals surface area contributed by atoms with Crippen LogP contribution in [0.2, 0.25) is 0 Å². The van der Waals surface area contributed by atoms with Gasteiger partial charge in [-0.2, -0.15) is 4.98 Å². The highest BCUT2D eigenvalue weighted by Crippen LogP contribution is 2.22. The summed E-state index contributed by atoms with van der Waals surface area (Å²) in [6.07, 6.45) is 0. The number of aromatic nitrogens is 2. The topological polar surface area (TPSA) is 89.3 Å². The van der Waals surface area contributed by atoms with Crippen LogP contribution in [-0.4, -0.2) is 23.3 Å². The largest absolute Gasteiger partial charge is 0.377 e. The van der Waals surface area contributed by atoms with Crippen molar-refractivity contribution in [3.05, 3.63) is 41.0 Å². The minimum atomic E-state index is -0.324. The van der Waals surface area contributed by atoms with Crippen molar-refractivity contribution in [3.63, 3.8) is 0 Å². The first-order chi connectivity index (χ1) is 11.0. The zero-order valence-corrected chi connectivity index (χ0v) is 13.8. The zero-order valence-electron chi connectivity index (χ0n) is 13.8. The van der Waals surface area contributed by atoms with Crippen molar-refractivity contribution in [3.8, 4) is 0 Å². The molecule has 1 aromatic carbocycles. The lowest BCUT2D eigenvalue weighted by atomic mass is 9.97. The van der Waals surface area contributed by atoms with Crippen LogP contribution < -0.4 is 10.6 Å². The Hall–Kier alpha value is -2.41. The zero-order chi connectivity index (χ0) is 16.8. The van der Waals surface area contributed by atoms with E-state index in [1.165, 1.54) is 11.1 Å². The van der Waals surface area contributed by atoms with Gasteiger partial charge in [-0.05, 0) is 36.1 Å². The molecule has 0 radical (unpaired) electrons. The first kappa shape index (κ1) is 17.0. The first-order valence-electron chi connectivity index (χ1n) is 7.45. The van der Waals surface area contributed by atoms with Crippen molar-refractivity contribution in [2.45, 2.75) is 39.8 Å². The van der Waals surface area contributed by atoms with Gasteiger partial charge < -0.3 is 19.9 Å². The van der Waals surface area contributed by atoms with Crippen molar-refractivity contribution >= 4 is 11.7 Å². The van der Waals surface area contributed by atoms with Crippen LogP contribution in [0.25, 0.3) is 0 Å². The van der Waals surface area contributed by atoms with E-state index >= 15 is 0 Å². The third-order valence-corrected chi connectivity index (χ3v) is 3.34. The van der Waals surface area contributed by atoms with E-state index in [4.69, 9.17) is 9.26 Å². The Bertz CT molecular complexity index is 667. The average molecular weight is 318 g/mol. The van der Waals surface area contributed by atoms with Crippen LogP contribution >= 0.6 is 0 Å². The molecule has 0 saturated carbocycles. The van der Waals surface area contributed by atoms with Crippen LogP contribution in [0.4, 0.5) is 10.5 Å². The molecule has 0 aliphatic rings. The minimum Gasteiger partial charge on any atom is -0.377 e. The van der Waals surface area contributed by atoms with Gasteiger partial charge >= 0.3 is 6.03 Å². The number of hydrogen-bond acceptors (Lipinski definition) is 5. The van der Waals surface area contributed by atoms with Gasteiger partial charge in [0.15, 0.2) is 5.82 Å². The SMILES string of the molecule is COCc1noc(CNC(=O)Nc2ccc(C)c(C(C)C)c2)n1. The maximum absolute atomic E-state index is 11.9. The quantitative estimate of drug-likeness (QED) is 0.854. The average Bonchev–Trinajstić information content (AvgIpc) is 2.95. The molecule has 2 amide bonds. The molecule has 0 aliphatic heterocycles. The summed E-state index contributed by atoms with van der Waals surface area (Å²) < 4.78 is 9.90. The van der Waals surface area contributed by atoms with Crippen molar-refractivity contribution in [1.29, 1.82) is 0 Å². The van der Waals surface area contributed by atoms with Crippen molar-refractivity contribution in [1.82, 2.24) is 15.5 Å². The van der Waals surface area contributed by atoms with Crippen LogP contribution in [0, 0.1) is 6.92 Å². The molecule has 2 rings (SSSR count). The Labute approximate surface area is 135 Å². The number of aryl methyl sites for hydroxylation is 1. The monoisotopic (exact) mass is 318 g/mol. The summed E-state index contributed by atoms with van der Waals surface area (Å²) in [4.78, 5) is 16.0. The number of amides is 2. The number of rotatable bonds is 6. The van der Waals surface area contributed by atoms with Crippen molar-refractivity contribution < 1.29 is 14.1 Å². The van der Waals surface area contributed by atoms with E-state index in [1.807, 2.05) is 18.2 Å². The van der Waals surface area contributed by atoms with Gasteiger partial charge in [-0.25, -0.2) is 4.79 Å². The Morgan fingerprint density at radius 2 is 2.17 bits per heavy atom. The third-order valence-electron chi connectivity index (χ3n) is 3.34. The van der Waals surface area contributed by atoms with Crippen molar-refractivity contribution in [2.75, 3.05) is 12.4 Å². The van der Waals surface area contributed by atoms with E-state index < -0.39 is 0 Å². The standard InChI is InChI=1S/C16H22N4O3/c1-10(2)13-7-12(6-5-11(13)3)18-16(21)17-8-15-19-14(9-22-4)20-23-15/h5-7,10H,8-9H2,1-4H3,(H2,17,18,21). The van der Waals surface area contributed by atoms with E-state index in [1.54, 1.807) is 7.11 Å². The molecule has 2 N–H and O–H groups in total. The Kier molecular flexibility index (Phi) is 5.70. The van der Waals surface area contributed by atoms with Gasteiger partial charge in [-0.3, -0.25) is 0 Å². The summed E-state index contributed by atoms with van der Waals surface area (Å²) in [5, 5.41) is 9.21. The lowest BCUT2D eigenvalue weighted by molar-refractivity contribution is 0.174. The number of nitrogens with zero attached hydrogens (tertiary/aromatic N) is 2. The van der Waals surface area contributed by atoms with Gasteiger partial charge in [0.25, 0.3) is 0 Å². The molecule has 0 spiro atoms. The lowest BCUT2D eigenvalue weighted by Crippen LogP contribution is -2.28. The second kappa shape index (κ2) is 7.73. The summed E-state index contributed by atoms with van der Waals surface area (Å²) >= 11 is 0. The molecule has 0 unspecified atom stereocenters. The van der Waals surface area contributed by atoms with Gasteiger partial charge in [0.05, 0.1) is 6.54 Å². The summed E-state index contributed by atoms with van der Waals surface area (Å²) in [5.74, 6) is 1.18. The fourth-order valence-corrected chi connectivity index (χ4v) is 2.22. The second-order valence-corrected chi connectivity index (χ2v) is 5.57. The molecule has 7 nitrogen and oxygen atoms in total. The molecule has 7 heteroatoms. The highest BCUT2D eigenvalue weighted by Gasteiger charge is 2.09. The summed E-state index contributed by atoms with van der Waals surface area (Å²) in [6, 6.07) is 5.54. The molecule has 1 heterocycles.